The molecule has 0 aromatic heterocycles. The number of amides is 1. The quantitative estimate of drug-likeness (QED) is 0.598. The highest BCUT2D eigenvalue weighted by Gasteiger charge is 2.10. The summed E-state index contributed by atoms with van der Waals surface area (Å²) in [5.41, 5.74) is 1.73. The van der Waals surface area contributed by atoms with Crippen molar-refractivity contribution in [3.05, 3.63) is 65.2 Å². The summed E-state index contributed by atoms with van der Waals surface area (Å²) in [5, 5.41) is 0. The van der Waals surface area contributed by atoms with Crippen LogP contribution in [0.4, 0.5) is 0 Å². The average Bonchev–Trinajstić information content (AvgIpc) is 2.65. The molecule has 0 radical (unpaired) electrons. The van der Waals surface area contributed by atoms with Gasteiger partial charge < -0.3 is 14.4 Å². The van der Waals surface area contributed by atoms with Crippen molar-refractivity contribution < 1.29 is 19.1 Å². The van der Waals surface area contributed by atoms with Crippen LogP contribution in [0.25, 0.3) is 6.08 Å². The second kappa shape index (κ2) is 8.15. The van der Waals surface area contributed by atoms with Crippen LogP contribution in [-0.4, -0.2) is 44.9 Å². The largest absolute Gasteiger partial charge is 0.496 e. The molecular weight excluding hydrogens is 318 g/mol. The van der Waals surface area contributed by atoms with Gasteiger partial charge in [-0.3, -0.25) is 9.59 Å². The minimum absolute atomic E-state index is 0.103. The molecule has 25 heavy (non-hydrogen) atoms. The van der Waals surface area contributed by atoms with E-state index in [2.05, 4.69) is 0 Å². The minimum Gasteiger partial charge on any atom is -0.496 e. The number of ketones is 1. The monoisotopic (exact) mass is 339 g/mol. The first-order chi connectivity index (χ1) is 12.0. The lowest BCUT2D eigenvalue weighted by Gasteiger charge is -2.10. The molecule has 0 bridgehead atoms. The Morgan fingerprint density at radius 1 is 0.880 bits per heavy atom. The van der Waals surface area contributed by atoms with Crippen molar-refractivity contribution in [2.45, 2.75) is 0 Å². The van der Waals surface area contributed by atoms with E-state index < -0.39 is 0 Å². The highest BCUT2D eigenvalue weighted by Crippen LogP contribution is 2.29. The van der Waals surface area contributed by atoms with E-state index in [1.165, 1.54) is 11.0 Å². The molecule has 2 aromatic carbocycles. The summed E-state index contributed by atoms with van der Waals surface area (Å²) in [6.07, 6.45) is 3.13. The molecule has 5 nitrogen and oxygen atoms in total. The van der Waals surface area contributed by atoms with Gasteiger partial charge >= 0.3 is 0 Å². The first-order valence-corrected chi connectivity index (χ1v) is 7.73. The highest BCUT2D eigenvalue weighted by molar-refractivity contribution is 6.07. The Hall–Kier alpha value is -3.08. The van der Waals surface area contributed by atoms with E-state index in [-0.39, 0.29) is 11.7 Å². The van der Waals surface area contributed by atoms with Gasteiger partial charge in [-0.05, 0) is 36.4 Å². The molecule has 130 valence electrons. The maximum Gasteiger partial charge on any atom is 0.253 e. The number of allylic oxidation sites excluding steroid dienone is 1. The Morgan fingerprint density at radius 3 is 1.88 bits per heavy atom. The Bertz CT molecular complexity index is 770. The van der Waals surface area contributed by atoms with Gasteiger partial charge in [0.2, 0.25) is 0 Å². The number of rotatable bonds is 6. The van der Waals surface area contributed by atoms with Crippen LogP contribution in [0.5, 0.6) is 11.5 Å². The van der Waals surface area contributed by atoms with Crippen LogP contribution in [-0.2, 0) is 0 Å². The molecule has 0 aliphatic rings. The van der Waals surface area contributed by atoms with Gasteiger partial charge in [-0.15, -0.1) is 0 Å². The topological polar surface area (TPSA) is 55.8 Å². The molecule has 0 unspecified atom stereocenters. The number of carbonyl (C=O) groups is 2. The second-order valence-electron chi connectivity index (χ2n) is 5.55. The first kappa shape index (κ1) is 18.3. The summed E-state index contributed by atoms with van der Waals surface area (Å²) >= 11 is 0. The molecule has 0 saturated heterocycles. The van der Waals surface area contributed by atoms with Crippen LogP contribution in [0, 0.1) is 0 Å². The predicted molar refractivity (Wildman–Crippen MR) is 97.4 cm³/mol. The van der Waals surface area contributed by atoms with E-state index in [4.69, 9.17) is 9.47 Å². The summed E-state index contributed by atoms with van der Waals surface area (Å²) in [6.45, 7) is 0. The summed E-state index contributed by atoms with van der Waals surface area (Å²) < 4.78 is 10.6. The van der Waals surface area contributed by atoms with Crippen molar-refractivity contribution in [2.75, 3.05) is 28.3 Å². The van der Waals surface area contributed by atoms with Gasteiger partial charge in [-0.1, -0.05) is 18.2 Å². The molecule has 0 saturated carbocycles. The SMILES string of the molecule is COc1cccc(OC)c1C=CC(=O)c1ccc(C(=O)N(C)C)cc1. The predicted octanol–water partition coefficient (Wildman–Crippen LogP) is 3.30. The van der Waals surface area contributed by atoms with E-state index in [0.29, 0.717) is 28.2 Å². The van der Waals surface area contributed by atoms with E-state index in [0.717, 1.165) is 0 Å². The van der Waals surface area contributed by atoms with Crippen molar-refractivity contribution >= 4 is 17.8 Å². The van der Waals surface area contributed by atoms with Gasteiger partial charge in [-0.25, -0.2) is 0 Å². The lowest BCUT2D eigenvalue weighted by atomic mass is 10.1. The minimum atomic E-state index is -0.170. The number of nitrogens with zero attached hydrogens (tertiary/aromatic N) is 1. The maximum absolute atomic E-state index is 12.4. The van der Waals surface area contributed by atoms with E-state index in [1.807, 2.05) is 6.07 Å². The third-order valence-corrected chi connectivity index (χ3v) is 3.69. The molecule has 0 N–H and O–H groups in total. The fraction of sp³-hybridized carbons (Fsp3) is 0.200. The zero-order valence-corrected chi connectivity index (χ0v) is 14.8. The fourth-order valence-electron chi connectivity index (χ4n) is 2.33. The molecule has 0 heterocycles. The number of ether oxygens (including phenoxy) is 2. The molecule has 2 rings (SSSR count). The summed E-state index contributed by atoms with van der Waals surface area (Å²) in [7, 11) is 6.50. The van der Waals surface area contributed by atoms with Crippen LogP contribution < -0.4 is 9.47 Å². The Morgan fingerprint density at radius 2 is 1.40 bits per heavy atom. The Labute approximate surface area is 147 Å². The smallest absolute Gasteiger partial charge is 0.253 e. The zero-order valence-electron chi connectivity index (χ0n) is 14.8. The van der Waals surface area contributed by atoms with Gasteiger partial charge in [0.1, 0.15) is 11.5 Å². The van der Waals surface area contributed by atoms with E-state index >= 15 is 0 Å². The zero-order chi connectivity index (χ0) is 18.4. The molecule has 1 amide bonds. The normalized spacial score (nSPS) is 10.6. The van der Waals surface area contributed by atoms with Crippen molar-refractivity contribution in [1.29, 1.82) is 0 Å². The molecular formula is C20H21NO4. The van der Waals surface area contributed by atoms with Crippen LogP contribution in [0.1, 0.15) is 26.3 Å². The van der Waals surface area contributed by atoms with Crippen molar-refractivity contribution in [3.63, 3.8) is 0 Å². The highest BCUT2D eigenvalue weighted by atomic mass is 16.5. The van der Waals surface area contributed by atoms with Crippen LogP contribution >= 0.6 is 0 Å². The van der Waals surface area contributed by atoms with Gasteiger partial charge in [0, 0.05) is 25.2 Å². The molecule has 0 aliphatic carbocycles. The van der Waals surface area contributed by atoms with Crippen molar-refractivity contribution in [2.24, 2.45) is 0 Å². The van der Waals surface area contributed by atoms with Gasteiger partial charge in [0.25, 0.3) is 5.91 Å². The van der Waals surface area contributed by atoms with E-state index in [9.17, 15) is 9.59 Å². The molecule has 0 atom stereocenters. The Balaban J connectivity index is 2.23. The third-order valence-electron chi connectivity index (χ3n) is 3.69. The summed E-state index contributed by atoms with van der Waals surface area (Å²) in [5.74, 6) is 0.968. The standard InChI is InChI=1S/C20H21NO4/c1-21(2)20(23)15-10-8-14(9-11-15)17(22)13-12-16-18(24-3)6-5-7-19(16)25-4/h5-13H,1-4H3. The van der Waals surface area contributed by atoms with Crippen LogP contribution in [0.15, 0.2) is 48.5 Å². The van der Waals surface area contributed by atoms with Gasteiger partial charge in [-0.2, -0.15) is 0 Å². The van der Waals surface area contributed by atoms with Crippen LogP contribution in [0.2, 0.25) is 0 Å². The summed E-state index contributed by atoms with van der Waals surface area (Å²) in [4.78, 5) is 25.7. The average molecular weight is 339 g/mol. The second-order valence-corrected chi connectivity index (χ2v) is 5.55. The lowest BCUT2D eigenvalue weighted by Crippen LogP contribution is -2.21. The molecule has 0 fully saturated rings. The fourth-order valence-corrected chi connectivity index (χ4v) is 2.33. The number of benzene rings is 2. The number of hydrogen-bond acceptors (Lipinski definition) is 4. The molecule has 5 heteroatoms. The van der Waals surface area contributed by atoms with Gasteiger partial charge in [0.15, 0.2) is 5.78 Å². The summed E-state index contributed by atoms with van der Waals surface area (Å²) in [6, 6.07) is 12.0. The lowest BCUT2D eigenvalue weighted by molar-refractivity contribution is 0.0827. The molecule has 2 aromatic rings. The number of carbonyl (C=O) groups excluding carboxylic acids is 2. The van der Waals surface area contributed by atoms with Crippen molar-refractivity contribution in [3.8, 4) is 11.5 Å². The molecule has 0 aliphatic heterocycles. The maximum atomic E-state index is 12.4. The van der Waals surface area contributed by atoms with Crippen molar-refractivity contribution in [1.82, 2.24) is 4.90 Å². The van der Waals surface area contributed by atoms with E-state index in [1.54, 1.807) is 70.8 Å². The third kappa shape index (κ3) is 4.26. The van der Waals surface area contributed by atoms with Crippen LogP contribution in [0.3, 0.4) is 0 Å². The molecule has 0 spiro atoms. The number of methoxy groups -OCH3 is 2. The van der Waals surface area contributed by atoms with Gasteiger partial charge in [0.05, 0.1) is 19.8 Å². The number of hydrogen-bond donors (Lipinski definition) is 0. The first-order valence-electron chi connectivity index (χ1n) is 7.73. The Kier molecular flexibility index (Phi) is 5.95.